The molecule has 0 radical (unpaired) electrons. The molecule has 0 aliphatic carbocycles. The third-order valence-electron chi connectivity index (χ3n) is 2.77. The number of pyridine rings is 1. The minimum atomic E-state index is -3.63. The first kappa shape index (κ1) is 13.4. The second kappa shape index (κ2) is 5.27. The van der Waals surface area contributed by atoms with Crippen molar-refractivity contribution in [1.82, 2.24) is 4.98 Å². The Morgan fingerprint density at radius 1 is 1.11 bits per heavy atom. The molecule has 2 aromatic rings. The highest BCUT2D eigenvalue weighted by atomic mass is 32.2. The molecule has 0 bridgehead atoms. The van der Waals surface area contributed by atoms with Crippen molar-refractivity contribution in [3.8, 4) is 0 Å². The molecule has 0 atom stereocenters. The van der Waals surface area contributed by atoms with Gasteiger partial charge in [0.1, 0.15) is 10.7 Å². The molecule has 0 unspecified atom stereocenters. The van der Waals surface area contributed by atoms with Gasteiger partial charge in [0, 0.05) is 20.3 Å². The number of anilines is 2. The van der Waals surface area contributed by atoms with Crippen LogP contribution in [0.2, 0.25) is 0 Å². The number of para-hydroxylation sites is 1. The largest absolute Gasteiger partial charge is 0.372 e. The van der Waals surface area contributed by atoms with Crippen molar-refractivity contribution < 1.29 is 8.42 Å². The van der Waals surface area contributed by atoms with Crippen molar-refractivity contribution in [3.05, 3.63) is 48.7 Å². The average molecular weight is 277 g/mol. The summed E-state index contributed by atoms with van der Waals surface area (Å²) in [7, 11) is -0.459. The summed E-state index contributed by atoms with van der Waals surface area (Å²) in [5.41, 5.74) is 0.605. The van der Waals surface area contributed by atoms with Crippen LogP contribution in [0.25, 0.3) is 0 Å². The average Bonchev–Trinajstić information content (AvgIpc) is 2.47. The van der Waals surface area contributed by atoms with E-state index in [4.69, 9.17) is 0 Å². The highest BCUT2D eigenvalue weighted by Gasteiger charge is 2.24. The number of aromatic nitrogens is 1. The summed E-state index contributed by atoms with van der Waals surface area (Å²) in [6.07, 6.45) is 1.55. The molecule has 2 rings (SSSR count). The molecule has 1 aromatic heterocycles. The normalized spacial score (nSPS) is 11.1. The molecule has 0 saturated heterocycles. The van der Waals surface area contributed by atoms with Crippen LogP contribution in [0.1, 0.15) is 0 Å². The van der Waals surface area contributed by atoms with Crippen molar-refractivity contribution in [2.45, 2.75) is 4.90 Å². The monoisotopic (exact) mass is 277 g/mol. The van der Waals surface area contributed by atoms with Crippen LogP contribution < -0.4 is 9.62 Å². The summed E-state index contributed by atoms with van der Waals surface area (Å²) in [6, 6.07) is 12.1. The Morgan fingerprint density at radius 3 is 2.42 bits per heavy atom. The molecule has 1 N–H and O–H groups in total. The lowest BCUT2D eigenvalue weighted by molar-refractivity contribution is 0.594. The zero-order valence-electron chi connectivity index (χ0n) is 10.7. The molecule has 1 aromatic carbocycles. The van der Waals surface area contributed by atoms with Gasteiger partial charge in [0.15, 0.2) is 0 Å². The van der Waals surface area contributed by atoms with Gasteiger partial charge in [-0.2, -0.15) is 0 Å². The first-order chi connectivity index (χ1) is 9.07. The lowest BCUT2D eigenvalue weighted by Gasteiger charge is -2.20. The summed E-state index contributed by atoms with van der Waals surface area (Å²) in [6.45, 7) is 0. The zero-order valence-corrected chi connectivity index (χ0v) is 11.6. The smallest absolute Gasteiger partial charge is 0.267 e. The van der Waals surface area contributed by atoms with Gasteiger partial charge in [-0.1, -0.05) is 18.2 Å². The van der Waals surface area contributed by atoms with Crippen LogP contribution in [-0.4, -0.2) is 27.5 Å². The number of hydrogen-bond acceptors (Lipinski definition) is 4. The number of nitrogens with one attached hydrogen (secondary N) is 1. The minimum Gasteiger partial charge on any atom is -0.372 e. The van der Waals surface area contributed by atoms with Crippen LogP contribution in [0.5, 0.6) is 0 Å². The van der Waals surface area contributed by atoms with Gasteiger partial charge < -0.3 is 5.32 Å². The third kappa shape index (κ3) is 2.53. The Bertz CT molecular complexity index is 657. The molecule has 0 saturated carbocycles. The van der Waals surface area contributed by atoms with Crippen LogP contribution in [0, 0.1) is 0 Å². The van der Waals surface area contributed by atoms with Crippen LogP contribution in [-0.2, 0) is 10.0 Å². The van der Waals surface area contributed by atoms with E-state index in [1.54, 1.807) is 43.6 Å². The molecule has 6 heteroatoms. The van der Waals surface area contributed by atoms with E-state index in [1.807, 2.05) is 6.07 Å². The summed E-state index contributed by atoms with van der Waals surface area (Å²) in [4.78, 5) is 4.18. The number of nitrogens with zero attached hydrogens (tertiary/aromatic N) is 2. The van der Waals surface area contributed by atoms with Crippen LogP contribution in [0.4, 0.5) is 11.5 Å². The maximum atomic E-state index is 12.6. The lowest BCUT2D eigenvalue weighted by Crippen LogP contribution is -2.27. The van der Waals surface area contributed by atoms with E-state index < -0.39 is 10.0 Å². The van der Waals surface area contributed by atoms with Crippen molar-refractivity contribution >= 4 is 21.5 Å². The van der Waals surface area contributed by atoms with Crippen molar-refractivity contribution in [2.75, 3.05) is 23.7 Å². The van der Waals surface area contributed by atoms with Gasteiger partial charge in [0.05, 0.1) is 5.69 Å². The highest BCUT2D eigenvalue weighted by molar-refractivity contribution is 7.93. The second-order valence-electron chi connectivity index (χ2n) is 3.91. The molecule has 0 aliphatic heterocycles. The molecule has 0 aliphatic rings. The van der Waals surface area contributed by atoms with E-state index in [0.29, 0.717) is 11.5 Å². The summed E-state index contributed by atoms with van der Waals surface area (Å²) in [5, 5.41) is 2.79. The second-order valence-corrected chi connectivity index (χ2v) is 5.85. The Morgan fingerprint density at radius 2 is 1.79 bits per heavy atom. The predicted molar refractivity (Wildman–Crippen MR) is 75.8 cm³/mol. The van der Waals surface area contributed by atoms with E-state index in [1.165, 1.54) is 17.4 Å². The fourth-order valence-electron chi connectivity index (χ4n) is 1.71. The number of rotatable bonds is 4. The molecule has 5 nitrogen and oxygen atoms in total. The minimum absolute atomic E-state index is 0.156. The van der Waals surface area contributed by atoms with E-state index in [2.05, 4.69) is 10.3 Å². The van der Waals surface area contributed by atoms with Gasteiger partial charge in [0.2, 0.25) is 0 Å². The number of benzene rings is 1. The van der Waals surface area contributed by atoms with Crippen molar-refractivity contribution in [2.24, 2.45) is 0 Å². The number of hydrogen-bond donors (Lipinski definition) is 1. The third-order valence-corrected chi connectivity index (χ3v) is 4.58. The van der Waals surface area contributed by atoms with Gasteiger partial charge in [-0.05, 0) is 24.3 Å². The Balaban J connectivity index is 2.48. The molecule has 0 amide bonds. The molecule has 0 fully saturated rings. The van der Waals surface area contributed by atoms with Gasteiger partial charge >= 0.3 is 0 Å². The van der Waals surface area contributed by atoms with Gasteiger partial charge in [-0.25, -0.2) is 13.4 Å². The number of sulfonamides is 1. The first-order valence-corrected chi connectivity index (χ1v) is 7.18. The topological polar surface area (TPSA) is 62.3 Å². The van der Waals surface area contributed by atoms with E-state index in [0.717, 1.165) is 0 Å². The molecular weight excluding hydrogens is 262 g/mol. The summed E-state index contributed by atoms with van der Waals surface area (Å²) >= 11 is 0. The Hall–Kier alpha value is -2.08. The lowest BCUT2D eigenvalue weighted by atomic mass is 10.3. The van der Waals surface area contributed by atoms with Crippen molar-refractivity contribution in [3.63, 3.8) is 0 Å². The zero-order chi connectivity index (χ0) is 13.9. The van der Waals surface area contributed by atoms with Crippen molar-refractivity contribution in [1.29, 1.82) is 0 Å². The van der Waals surface area contributed by atoms with Gasteiger partial charge in [-0.15, -0.1) is 0 Å². The fraction of sp³-hybridized carbons (Fsp3) is 0.154. The molecule has 19 heavy (non-hydrogen) atoms. The van der Waals surface area contributed by atoms with E-state index in [-0.39, 0.29) is 4.90 Å². The molecule has 100 valence electrons. The molecule has 0 spiro atoms. The summed E-state index contributed by atoms with van der Waals surface area (Å²) in [5.74, 6) is 0.338. The van der Waals surface area contributed by atoms with E-state index in [9.17, 15) is 8.42 Å². The van der Waals surface area contributed by atoms with E-state index >= 15 is 0 Å². The highest BCUT2D eigenvalue weighted by Crippen LogP contribution is 2.25. The standard InChI is InChI=1S/C13H15N3O2S/c1-14-13-12(9-6-10-15-13)19(17,18)16(2)11-7-4-3-5-8-11/h3-10H,1-2H3,(H,14,15). The molecule has 1 heterocycles. The maximum absolute atomic E-state index is 12.6. The predicted octanol–water partition coefficient (Wildman–Crippen LogP) is 1.95. The van der Waals surface area contributed by atoms with Gasteiger partial charge in [0.25, 0.3) is 10.0 Å². The SMILES string of the molecule is CNc1ncccc1S(=O)(=O)N(C)c1ccccc1. The van der Waals surface area contributed by atoms with Crippen LogP contribution in [0.3, 0.4) is 0 Å². The van der Waals surface area contributed by atoms with Crippen LogP contribution >= 0.6 is 0 Å². The quantitative estimate of drug-likeness (QED) is 0.928. The Kier molecular flexibility index (Phi) is 3.71. The first-order valence-electron chi connectivity index (χ1n) is 5.74. The van der Waals surface area contributed by atoms with Crippen LogP contribution in [0.15, 0.2) is 53.6 Å². The van der Waals surface area contributed by atoms with Gasteiger partial charge in [-0.3, -0.25) is 4.31 Å². The Labute approximate surface area is 113 Å². The summed E-state index contributed by atoms with van der Waals surface area (Å²) < 4.78 is 26.4. The fourth-order valence-corrected chi connectivity index (χ4v) is 3.05. The maximum Gasteiger partial charge on any atom is 0.267 e. The molecular formula is C13H15N3O2S.